The molecule has 118 valence electrons. The third kappa shape index (κ3) is 5.32. The first kappa shape index (κ1) is 16.2. The lowest BCUT2D eigenvalue weighted by atomic mass is 10.1. The fourth-order valence-corrected chi connectivity index (χ4v) is 3.22. The molecule has 3 unspecified atom stereocenters. The van der Waals surface area contributed by atoms with Crippen LogP contribution in [-0.2, 0) is 9.47 Å². The summed E-state index contributed by atoms with van der Waals surface area (Å²) in [5.74, 6) is 0. The van der Waals surface area contributed by atoms with Gasteiger partial charge in [-0.2, -0.15) is 0 Å². The minimum Gasteiger partial charge on any atom is -0.377 e. The normalized spacial score (nSPS) is 29.7. The average molecular weight is 284 g/mol. The maximum atomic E-state index is 5.89. The summed E-state index contributed by atoms with van der Waals surface area (Å²) in [7, 11) is 0. The maximum absolute atomic E-state index is 5.89. The second-order valence-corrected chi connectivity index (χ2v) is 6.23. The fraction of sp³-hybridized carbons (Fsp3) is 1.00. The summed E-state index contributed by atoms with van der Waals surface area (Å²) in [6, 6.07) is 0.481. The molecule has 2 heterocycles. The third-order valence-corrected chi connectivity index (χ3v) is 4.44. The van der Waals surface area contributed by atoms with Crippen molar-refractivity contribution in [1.82, 2.24) is 10.2 Å². The van der Waals surface area contributed by atoms with Gasteiger partial charge in [0.2, 0.25) is 0 Å². The third-order valence-electron chi connectivity index (χ3n) is 4.44. The van der Waals surface area contributed by atoms with E-state index in [-0.39, 0.29) is 0 Å². The van der Waals surface area contributed by atoms with Crippen molar-refractivity contribution in [3.05, 3.63) is 0 Å². The first-order valence-corrected chi connectivity index (χ1v) is 8.48. The van der Waals surface area contributed by atoms with Gasteiger partial charge >= 0.3 is 0 Å². The Balaban J connectivity index is 1.58. The highest BCUT2D eigenvalue weighted by molar-refractivity contribution is 4.78. The molecule has 3 atom stereocenters. The summed E-state index contributed by atoms with van der Waals surface area (Å²) in [5.41, 5.74) is 0. The van der Waals surface area contributed by atoms with Crippen LogP contribution in [0.4, 0.5) is 0 Å². The lowest BCUT2D eigenvalue weighted by Crippen LogP contribution is -2.45. The van der Waals surface area contributed by atoms with Gasteiger partial charge in [-0.1, -0.05) is 6.92 Å². The van der Waals surface area contributed by atoms with Gasteiger partial charge in [0.15, 0.2) is 0 Å². The van der Waals surface area contributed by atoms with Gasteiger partial charge in [0.25, 0.3) is 0 Å². The van der Waals surface area contributed by atoms with Crippen LogP contribution in [0, 0.1) is 0 Å². The van der Waals surface area contributed by atoms with Gasteiger partial charge in [0, 0.05) is 38.9 Å². The predicted octanol–water partition coefficient (Wildman–Crippen LogP) is 2.03. The molecule has 0 bridgehead atoms. The molecule has 4 heteroatoms. The minimum absolute atomic E-state index is 0.428. The molecule has 0 aliphatic carbocycles. The van der Waals surface area contributed by atoms with Crippen LogP contribution in [0.5, 0.6) is 0 Å². The summed E-state index contributed by atoms with van der Waals surface area (Å²) in [5, 5.41) is 3.62. The van der Waals surface area contributed by atoms with Crippen molar-refractivity contribution >= 4 is 0 Å². The largest absolute Gasteiger partial charge is 0.377 e. The van der Waals surface area contributed by atoms with Crippen molar-refractivity contribution in [3.63, 3.8) is 0 Å². The van der Waals surface area contributed by atoms with Crippen LogP contribution in [0.2, 0.25) is 0 Å². The molecular formula is C16H32N2O2. The molecule has 0 spiro atoms. The number of hydrogen-bond donors (Lipinski definition) is 1. The van der Waals surface area contributed by atoms with Gasteiger partial charge in [-0.05, 0) is 45.6 Å². The van der Waals surface area contributed by atoms with E-state index in [0.717, 1.165) is 39.3 Å². The molecule has 2 aliphatic rings. The summed E-state index contributed by atoms with van der Waals surface area (Å²) in [6.07, 6.45) is 6.95. The van der Waals surface area contributed by atoms with Crippen LogP contribution in [0.3, 0.4) is 0 Å². The summed E-state index contributed by atoms with van der Waals surface area (Å²) in [4.78, 5) is 2.54. The number of rotatable bonds is 8. The summed E-state index contributed by atoms with van der Waals surface area (Å²) >= 11 is 0. The number of likely N-dealkylation sites (tertiary alicyclic amines) is 1. The zero-order valence-electron chi connectivity index (χ0n) is 13.3. The van der Waals surface area contributed by atoms with E-state index in [1.165, 1.54) is 32.2 Å². The van der Waals surface area contributed by atoms with E-state index >= 15 is 0 Å². The van der Waals surface area contributed by atoms with Crippen LogP contribution in [0.15, 0.2) is 0 Å². The predicted molar refractivity (Wildman–Crippen MR) is 82.1 cm³/mol. The Hall–Kier alpha value is -0.160. The standard InChI is InChI=1S/C16H32N2O2/c1-3-11-19-15-6-4-9-18(13-15)10-8-17-14(2)16-7-5-12-20-16/h14-17H,3-13H2,1-2H3. The van der Waals surface area contributed by atoms with Gasteiger partial charge in [0.1, 0.15) is 0 Å². The molecule has 0 radical (unpaired) electrons. The Morgan fingerprint density at radius 3 is 3.00 bits per heavy atom. The van der Waals surface area contributed by atoms with Gasteiger partial charge in [-0.25, -0.2) is 0 Å². The molecule has 2 saturated heterocycles. The molecular weight excluding hydrogens is 252 g/mol. The number of nitrogens with one attached hydrogen (secondary N) is 1. The van der Waals surface area contributed by atoms with E-state index in [0.29, 0.717) is 18.2 Å². The minimum atomic E-state index is 0.428. The van der Waals surface area contributed by atoms with Crippen LogP contribution < -0.4 is 5.32 Å². The smallest absolute Gasteiger partial charge is 0.0726 e. The average Bonchev–Trinajstić information content (AvgIpc) is 3.00. The Morgan fingerprint density at radius 1 is 1.35 bits per heavy atom. The van der Waals surface area contributed by atoms with Crippen molar-refractivity contribution in [1.29, 1.82) is 0 Å². The molecule has 0 aromatic heterocycles. The summed E-state index contributed by atoms with van der Waals surface area (Å²) < 4.78 is 11.6. The number of hydrogen-bond acceptors (Lipinski definition) is 4. The summed E-state index contributed by atoms with van der Waals surface area (Å²) in [6.45, 7) is 10.8. The van der Waals surface area contributed by atoms with Crippen LogP contribution in [0.1, 0.15) is 46.0 Å². The molecule has 4 nitrogen and oxygen atoms in total. The van der Waals surface area contributed by atoms with E-state index in [4.69, 9.17) is 9.47 Å². The Morgan fingerprint density at radius 2 is 2.25 bits per heavy atom. The number of piperidine rings is 1. The van der Waals surface area contributed by atoms with Crippen molar-refractivity contribution in [2.24, 2.45) is 0 Å². The molecule has 0 aromatic rings. The van der Waals surface area contributed by atoms with Crippen LogP contribution in [-0.4, -0.2) is 62.5 Å². The van der Waals surface area contributed by atoms with Gasteiger partial charge in [-0.3, -0.25) is 4.90 Å². The fourth-order valence-electron chi connectivity index (χ4n) is 3.22. The molecule has 1 N–H and O–H groups in total. The Kier molecular flexibility index (Phi) is 7.28. The van der Waals surface area contributed by atoms with E-state index in [9.17, 15) is 0 Å². The second kappa shape index (κ2) is 8.98. The van der Waals surface area contributed by atoms with Crippen LogP contribution in [0.25, 0.3) is 0 Å². The molecule has 2 rings (SSSR count). The molecule has 0 saturated carbocycles. The highest BCUT2D eigenvalue weighted by Crippen LogP contribution is 2.16. The molecule has 0 amide bonds. The van der Waals surface area contributed by atoms with Gasteiger partial charge in [-0.15, -0.1) is 0 Å². The Labute approximate surface area is 124 Å². The highest BCUT2D eigenvalue weighted by Gasteiger charge is 2.23. The lowest BCUT2D eigenvalue weighted by molar-refractivity contribution is -0.000234. The molecule has 20 heavy (non-hydrogen) atoms. The first-order chi connectivity index (χ1) is 9.79. The molecule has 2 fully saturated rings. The monoisotopic (exact) mass is 284 g/mol. The van der Waals surface area contributed by atoms with Crippen molar-refractivity contribution < 1.29 is 9.47 Å². The van der Waals surface area contributed by atoms with Crippen LogP contribution >= 0.6 is 0 Å². The van der Waals surface area contributed by atoms with Crippen molar-refractivity contribution in [2.75, 3.05) is 39.4 Å². The quantitative estimate of drug-likeness (QED) is 0.739. The van der Waals surface area contributed by atoms with Gasteiger partial charge < -0.3 is 14.8 Å². The topological polar surface area (TPSA) is 33.7 Å². The Bertz CT molecular complexity index is 257. The van der Waals surface area contributed by atoms with E-state index in [1.54, 1.807) is 0 Å². The number of ether oxygens (including phenoxy) is 2. The molecule has 0 aromatic carbocycles. The maximum Gasteiger partial charge on any atom is 0.0726 e. The first-order valence-electron chi connectivity index (χ1n) is 8.48. The second-order valence-electron chi connectivity index (χ2n) is 6.23. The SMILES string of the molecule is CCCOC1CCCN(CCNC(C)C2CCCO2)C1. The van der Waals surface area contributed by atoms with E-state index in [1.807, 2.05) is 0 Å². The zero-order valence-corrected chi connectivity index (χ0v) is 13.3. The highest BCUT2D eigenvalue weighted by atomic mass is 16.5. The van der Waals surface area contributed by atoms with E-state index < -0.39 is 0 Å². The van der Waals surface area contributed by atoms with Crippen molar-refractivity contribution in [2.45, 2.75) is 64.2 Å². The van der Waals surface area contributed by atoms with E-state index in [2.05, 4.69) is 24.1 Å². The number of nitrogens with zero attached hydrogens (tertiary/aromatic N) is 1. The van der Waals surface area contributed by atoms with Crippen molar-refractivity contribution in [3.8, 4) is 0 Å². The molecule has 2 aliphatic heterocycles. The lowest BCUT2D eigenvalue weighted by Gasteiger charge is -2.33. The zero-order chi connectivity index (χ0) is 14.2. The van der Waals surface area contributed by atoms with Gasteiger partial charge in [0.05, 0.1) is 12.2 Å².